The van der Waals surface area contributed by atoms with Crippen LogP contribution in [0.5, 0.6) is 0 Å². The van der Waals surface area contributed by atoms with Gasteiger partial charge in [0, 0.05) is 45.3 Å². The van der Waals surface area contributed by atoms with Gasteiger partial charge in [0.05, 0.1) is 13.1 Å². The Morgan fingerprint density at radius 3 is 2.37 bits per heavy atom. The van der Waals surface area contributed by atoms with Gasteiger partial charge in [0.25, 0.3) is 0 Å². The normalized spacial score (nSPS) is 14.2. The van der Waals surface area contributed by atoms with E-state index in [4.69, 9.17) is 0 Å². The maximum Gasteiger partial charge on any atom is 0.242 e. The predicted octanol–water partition coefficient (Wildman–Crippen LogP) is 3.09. The summed E-state index contributed by atoms with van der Waals surface area (Å²) in [5.74, 6) is 1.01. The number of nitrogens with zero attached hydrogens (tertiary/aromatic N) is 4. The molecule has 0 aromatic heterocycles. The molecule has 0 saturated carbocycles. The number of benzene rings is 1. The zero-order valence-corrected chi connectivity index (χ0v) is 21.0. The summed E-state index contributed by atoms with van der Waals surface area (Å²) in [4.78, 5) is 34.7. The third-order valence-electron chi connectivity index (χ3n) is 5.17. The molecule has 0 radical (unpaired) electrons. The van der Waals surface area contributed by atoms with Crippen molar-refractivity contribution in [1.29, 1.82) is 0 Å². The molecule has 0 atom stereocenters. The third kappa shape index (κ3) is 7.45. The van der Waals surface area contributed by atoms with Crippen LogP contribution in [-0.4, -0.2) is 67.3 Å². The van der Waals surface area contributed by atoms with E-state index in [1.54, 1.807) is 0 Å². The van der Waals surface area contributed by atoms with Crippen molar-refractivity contribution in [3.8, 4) is 0 Å². The number of anilines is 1. The Balaban J connectivity index is 0.00000450. The first-order valence-corrected chi connectivity index (χ1v) is 10.7. The van der Waals surface area contributed by atoms with E-state index in [1.807, 2.05) is 66.8 Å². The van der Waals surface area contributed by atoms with Gasteiger partial charge in [-0.15, -0.1) is 24.0 Å². The SMILES string of the molecule is CCNC(=NCc1ccc(N2CCCCC2=O)cc1)N(C)CC(=O)N(CC)CC.I. The second kappa shape index (κ2) is 13.5. The molecule has 168 valence electrons. The minimum atomic E-state index is 0. The Hall–Kier alpha value is -1.84. The maximum atomic E-state index is 12.4. The van der Waals surface area contributed by atoms with Crippen LogP contribution in [0.2, 0.25) is 0 Å². The molecule has 0 bridgehead atoms. The Kier molecular flexibility index (Phi) is 11.8. The molecule has 0 unspecified atom stereocenters. The molecular formula is C22H36IN5O2. The molecule has 0 spiro atoms. The number of carbonyl (C=O) groups is 2. The van der Waals surface area contributed by atoms with Gasteiger partial charge < -0.3 is 20.0 Å². The Labute approximate surface area is 197 Å². The van der Waals surface area contributed by atoms with Gasteiger partial charge in [0.1, 0.15) is 0 Å². The van der Waals surface area contributed by atoms with E-state index in [-0.39, 0.29) is 35.8 Å². The molecule has 1 saturated heterocycles. The van der Waals surface area contributed by atoms with Crippen LogP contribution >= 0.6 is 24.0 Å². The summed E-state index contributed by atoms with van der Waals surface area (Å²) in [6.07, 6.45) is 2.68. The van der Waals surface area contributed by atoms with Gasteiger partial charge in [-0.3, -0.25) is 9.59 Å². The number of hydrogen-bond acceptors (Lipinski definition) is 3. The average Bonchev–Trinajstić information content (AvgIpc) is 2.72. The van der Waals surface area contributed by atoms with Crippen molar-refractivity contribution in [2.24, 2.45) is 4.99 Å². The summed E-state index contributed by atoms with van der Waals surface area (Å²) in [5, 5.41) is 3.25. The van der Waals surface area contributed by atoms with Crippen LogP contribution in [0.4, 0.5) is 5.69 Å². The molecule has 1 heterocycles. The van der Waals surface area contributed by atoms with Gasteiger partial charge >= 0.3 is 0 Å². The minimum Gasteiger partial charge on any atom is -0.357 e. The van der Waals surface area contributed by atoms with Gasteiger partial charge in [-0.1, -0.05) is 12.1 Å². The Bertz CT molecular complexity index is 704. The highest BCUT2D eigenvalue weighted by molar-refractivity contribution is 14.0. The van der Waals surface area contributed by atoms with Crippen LogP contribution in [0.15, 0.2) is 29.3 Å². The lowest BCUT2D eigenvalue weighted by molar-refractivity contribution is -0.131. The van der Waals surface area contributed by atoms with E-state index in [2.05, 4.69) is 10.3 Å². The van der Waals surface area contributed by atoms with Crippen molar-refractivity contribution in [2.45, 2.75) is 46.6 Å². The molecular weight excluding hydrogens is 493 g/mol. The second-order valence-corrected chi connectivity index (χ2v) is 7.26. The highest BCUT2D eigenvalue weighted by atomic mass is 127. The fourth-order valence-corrected chi connectivity index (χ4v) is 3.45. The molecule has 2 amide bonds. The fraction of sp³-hybridized carbons (Fsp3) is 0.591. The molecule has 0 aliphatic carbocycles. The average molecular weight is 529 g/mol. The first-order valence-electron chi connectivity index (χ1n) is 10.7. The first kappa shape index (κ1) is 26.2. The van der Waals surface area contributed by atoms with Crippen LogP contribution < -0.4 is 10.2 Å². The van der Waals surface area contributed by atoms with Gasteiger partial charge in [-0.05, 0) is 51.3 Å². The molecule has 2 rings (SSSR count). The van der Waals surface area contributed by atoms with Gasteiger partial charge in [-0.2, -0.15) is 0 Å². The summed E-state index contributed by atoms with van der Waals surface area (Å²) in [6.45, 7) is 9.75. The number of carbonyl (C=O) groups excluding carboxylic acids is 2. The monoisotopic (exact) mass is 529 g/mol. The molecule has 1 aromatic carbocycles. The minimum absolute atomic E-state index is 0. The van der Waals surface area contributed by atoms with E-state index in [1.165, 1.54) is 0 Å². The van der Waals surface area contributed by atoms with E-state index in [9.17, 15) is 9.59 Å². The topological polar surface area (TPSA) is 68.2 Å². The van der Waals surface area contributed by atoms with Gasteiger partial charge in [0.2, 0.25) is 11.8 Å². The zero-order chi connectivity index (χ0) is 21.2. The van der Waals surface area contributed by atoms with E-state index < -0.39 is 0 Å². The van der Waals surface area contributed by atoms with Crippen LogP contribution in [0.1, 0.15) is 45.6 Å². The predicted molar refractivity (Wildman–Crippen MR) is 133 cm³/mol. The Morgan fingerprint density at radius 2 is 1.80 bits per heavy atom. The number of amides is 2. The first-order chi connectivity index (χ1) is 14.0. The van der Waals surface area contributed by atoms with E-state index >= 15 is 0 Å². The van der Waals surface area contributed by atoms with E-state index in [0.29, 0.717) is 38.6 Å². The van der Waals surface area contributed by atoms with Gasteiger partial charge in [0.15, 0.2) is 5.96 Å². The quantitative estimate of drug-likeness (QED) is 0.320. The molecule has 8 heteroatoms. The van der Waals surface area contributed by atoms with E-state index in [0.717, 1.165) is 37.2 Å². The van der Waals surface area contributed by atoms with Crippen LogP contribution in [0, 0.1) is 0 Å². The Morgan fingerprint density at radius 1 is 1.13 bits per heavy atom. The maximum absolute atomic E-state index is 12.4. The number of likely N-dealkylation sites (N-methyl/N-ethyl adjacent to an activating group) is 2. The fourth-order valence-electron chi connectivity index (χ4n) is 3.45. The number of hydrogen-bond donors (Lipinski definition) is 1. The van der Waals surface area contributed by atoms with Crippen LogP contribution in [0.3, 0.4) is 0 Å². The van der Waals surface area contributed by atoms with Crippen LogP contribution in [0.25, 0.3) is 0 Å². The van der Waals surface area contributed by atoms with Crippen molar-refractivity contribution in [3.63, 3.8) is 0 Å². The lowest BCUT2D eigenvalue weighted by Crippen LogP contribution is -2.45. The van der Waals surface area contributed by atoms with Crippen molar-refractivity contribution in [3.05, 3.63) is 29.8 Å². The number of aliphatic imine (C=N–C) groups is 1. The largest absolute Gasteiger partial charge is 0.357 e. The van der Waals surface area contributed by atoms with Crippen molar-refractivity contribution in [1.82, 2.24) is 15.1 Å². The van der Waals surface area contributed by atoms with Crippen molar-refractivity contribution in [2.75, 3.05) is 44.7 Å². The molecule has 1 fully saturated rings. The smallest absolute Gasteiger partial charge is 0.242 e. The van der Waals surface area contributed by atoms with Crippen LogP contribution in [-0.2, 0) is 16.1 Å². The number of guanidine groups is 1. The lowest BCUT2D eigenvalue weighted by Gasteiger charge is -2.27. The highest BCUT2D eigenvalue weighted by Gasteiger charge is 2.19. The van der Waals surface area contributed by atoms with Gasteiger partial charge in [-0.25, -0.2) is 4.99 Å². The lowest BCUT2D eigenvalue weighted by atomic mass is 10.1. The van der Waals surface area contributed by atoms with Crippen molar-refractivity contribution >= 4 is 47.4 Å². The number of halogens is 1. The molecule has 1 aromatic rings. The molecule has 1 N–H and O–H groups in total. The molecule has 1 aliphatic heterocycles. The summed E-state index contributed by atoms with van der Waals surface area (Å²) >= 11 is 0. The van der Waals surface area contributed by atoms with Crippen molar-refractivity contribution < 1.29 is 9.59 Å². The third-order valence-corrected chi connectivity index (χ3v) is 5.17. The summed E-state index contributed by atoms with van der Waals surface area (Å²) in [6, 6.07) is 8.03. The number of piperidine rings is 1. The molecule has 30 heavy (non-hydrogen) atoms. The number of rotatable bonds is 8. The molecule has 1 aliphatic rings. The molecule has 7 nitrogen and oxygen atoms in total. The number of nitrogens with one attached hydrogen (secondary N) is 1. The summed E-state index contributed by atoms with van der Waals surface area (Å²) in [5.41, 5.74) is 2.02. The second-order valence-electron chi connectivity index (χ2n) is 7.26. The highest BCUT2D eigenvalue weighted by Crippen LogP contribution is 2.21. The summed E-state index contributed by atoms with van der Waals surface area (Å²) < 4.78 is 0. The standard InChI is InChI=1S/C22H35N5O2.HI/c1-5-23-22(25(4)17-21(29)26(6-2)7-3)24-16-18-11-13-19(14-12-18)27-15-9-8-10-20(27)28;/h11-14H,5-10,15-17H2,1-4H3,(H,23,24);1H. The summed E-state index contributed by atoms with van der Waals surface area (Å²) in [7, 11) is 1.88. The zero-order valence-electron chi connectivity index (χ0n) is 18.7.